The van der Waals surface area contributed by atoms with Gasteiger partial charge in [0, 0.05) is 18.8 Å². The van der Waals surface area contributed by atoms with Gasteiger partial charge in [-0.1, -0.05) is 26.7 Å². The van der Waals surface area contributed by atoms with Gasteiger partial charge in [0.15, 0.2) is 5.78 Å². The SMILES string of the molecule is CC(C)CN(CC(=O)c1ccc[nH]1)C1CCCC1. The van der Waals surface area contributed by atoms with Gasteiger partial charge in [-0.2, -0.15) is 0 Å². The van der Waals surface area contributed by atoms with Crippen LogP contribution in [0.5, 0.6) is 0 Å². The Labute approximate surface area is 110 Å². The number of rotatable bonds is 6. The maximum Gasteiger partial charge on any atom is 0.192 e. The van der Waals surface area contributed by atoms with Crippen LogP contribution in [0.1, 0.15) is 50.0 Å². The molecule has 1 aromatic rings. The largest absolute Gasteiger partial charge is 0.359 e. The first-order chi connectivity index (χ1) is 8.66. The number of Topliss-reactive ketones (excluding diaryl/α,β-unsaturated/α-hetero) is 1. The fourth-order valence-corrected chi connectivity index (χ4v) is 2.85. The fourth-order valence-electron chi connectivity index (χ4n) is 2.85. The zero-order chi connectivity index (χ0) is 13.0. The number of carbonyl (C=O) groups excluding carboxylic acids is 1. The Bertz CT molecular complexity index is 364. The van der Waals surface area contributed by atoms with E-state index in [1.54, 1.807) is 0 Å². The Kier molecular flexibility index (Phi) is 4.59. The zero-order valence-corrected chi connectivity index (χ0v) is 11.5. The molecule has 1 aliphatic carbocycles. The Hall–Kier alpha value is -1.09. The molecule has 1 aliphatic rings. The van der Waals surface area contributed by atoms with Crippen LogP contribution in [0.15, 0.2) is 18.3 Å². The van der Waals surface area contributed by atoms with Crippen LogP contribution < -0.4 is 0 Å². The zero-order valence-electron chi connectivity index (χ0n) is 11.5. The van der Waals surface area contributed by atoms with Crippen molar-refractivity contribution in [1.29, 1.82) is 0 Å². The van der Waals surface area contributed by atoms with E-state index in [2.05, 4.69) is 23.7 Å². The quantitative estimate of drug-likeness (QED) is 0.785. The molecule has 1 saturated carbocycles. The molecule has 1 N–H and O–H groups in total. The van der Waals surface area contributed by atoms with E-state index in [1.165, 1.54) is 25.7 Å². The van der Waals surface area contributed by atoms with Crippen LogP contribution in [0.3, 0.4) is 0 Å². The summed E-state index contributed by atoms with van der Waals surface area (Å²) in [5.41, 5.74) is 0.738. The molecular formula is C15H24N2O. The lowest BCUT2D eigenvalue weighted by Gasteiger charge is -2.29. The molecule has 2 rings (SSSR count). The van der Waals surface area contributed by atoms with Crippen LogP contribution in [0.25, 0.3) is 0 Å². The van der Waals surface area contributed by atoms with Gasteiger partial charge < -0.3 is 4.98 Å². The van der Waals surface area contributed by atoms with Crippen LogP contribution in [0.4, 0.5) is 0 Å². The van der Waals surface area contributed by atoms with E-state index in [0.29, 0.717) is 18.5 Å². The van der Waals surface area contributed by atoms with E-state index in [-0.39, 0.29) is 5.78 Å². The van der Waals surface area contributed by atoms with E-state index in [1.807, 2.05) is 18.3 Å². The van der Waals surface area contributed by atoms with Crippen LogP contribution in [0.2, 0.25) is 0 Å². The monoisotopic (exact) mass is 248 g/mol. The summed E-state index contributed by atoms with van der Waals surface area (Å²) in [5.74, 6) is 0.828. The van der Waals surface area contributed by atoms with Crippen LogP contribution in [0, 0.1) is 5.92 Å². The summed E-state index contributed by atoms with van der Waals surface area (Å²) >= 11 is 0. The third-order valence-corrected chi connectivity index (χ3v) is 3.69. The molecule has 1 aromatic heterocycles. The lowest BCUT2D eigenvalue weighted by atomic mass is 10.1. The summed E-state index contributed by atoms with van der Waals surface area (Å²) in [6.45, 7) is 6.03. The van der Waals surface area contributed by atoms with Crippen molar-refractivity contribution in [3.05, 3.63) is 24.0 Å². The lowest BCUT2D eigenvalue weighted by molar-refractivity contribution is 0.0872. The molecular weight excluding hydrogens is 224 g/mol. The molecule has 0 saturated heterocycles. The molecule has 0 aromatic carbocycles. The second-order valence-electron chi connectivity index (χ2n) is 5.77. The maximum atomic E-state index is 12.2. The van der Waals surface area contributed by atoms with Crippen molar-refractivity contribution in [3.63, 3.8) is 0 Å². The standard InChI is InChI=1S/C15H24N2O/c1-12(2)10-17(13-6-3-4-7-13)11-15(18)14-8-5-9-16-14/h5,8-9,12-13,16H,3-4,6-7,10-11H2,1-2H3. The molecule has 3 nitrogen and oxygen atoms in total. The Balaban J connectivity index is 1.98. The van der Waals surface area contributed by atoms with Crippen LogP contribution >= 0.6 is 0 Å². The lowest BCUT2D eigenvalue weighted by Crippen LogP contribution is -2.40. The average Bonchev–Trinajstić information content (AvgIpc) is 3.01. The first-order valence-electron chi connectivity index (χ1n) is 7.07. The predicted molar refractivity (Wildman–Crippen MR) is 73.8 cm³/mol. The fraction of sp³-hybridized carbons (Fsp3) is 0.667. The smallest absolute Gasteiger partial charge is 0.192 e. The molecule has 1 heterocycles. The highest BCUT2D eigenvalue weighted by molar-refractivity contribution is 5.95. The van der Waals surface area contributed by atoms with E-state index >= 15 is 0 Å². The van der Waals surface area contributed by atoms with Gasteiger partial charge in [-0.05, 0) is 30.9 Å². The minimum Gasteiger partial charge on any atom is -0.359 e. The van der Waals surface area contributed by atoms with Gasteiger partial charge in [0.25, 0.3) is 0 Å². The number of aromatic nitrogens is 1. The van der Waals surface area contributed by atoms with Crippen molar-refractivity contribution in [1.82, 2.24) is 9.88 Å². The normalized spacial score (nSPS) is 16.9. The average molecular weight is 248 g/mol. The third kappa shape index (κ3) is 3.45. The van der Waals surface area contributed by atoms with E-state index in [0.717, 1.165) is 12.2 Å². The van der Waals surface area contributed by atoms with Gasteiger partial charge in [0.2, 0.25) is 0 Å². The van der Waals surface area contributed by atoms with Gasteiger partial charge in [0.1, 0.15) is 0 Å². The number of ketones is 1. The van der Waals surface area contributed by atoms with Crippen molar-refractivity contribution < 1.29 is 4.79 Å². The minimum absolute atomic E-state index is 0.215. The molecule has 0 atom stereocenters. The molecule has 0 radical (unpaired) electrons. The maximum absolute atomic E-state index is 12.2. The Morgan fingerprint density at radius 3 is 2.72 bits per heavy atom. The first kappa shape index (κ1) is 13.3. The molecule has 0 bridgehead atoms. The van der Waals surface area contributed by atoms with E-state index < -0.39 is 0 Å². The molecule has 0 unspecified atom stereocenters. The molecule has 0 aliphatic heterocycles. The summed E-state index contributed by atoms with van der Waals surface area (Å²) in [5, 5.41) is 0. The summed E-state index contributed by atoms with van der Waals surface area (Å²) in [6, 6.07) is 4.37. The van der Waals surface area contributed by atoms with Crippen LogP contribution in [-0.4, -0.2) is 34.8 Å². The van der Waals surface area contributed by atoms with Crippen molar-refractivity contribution in [2.45, 2.75) is 45.6 Å². The summed E-state index contributed by atoms with van der Waals surface area (Å²) in [6.07, 6.45) is 6.96. The number of H-pyrrole nitrogens is 1. The third-order valence-electron chi connectivity index (χ3n) is 3.69. The predicted octanol–water partition coefficient (Wildman–Crippen LogP) is 3.10. The second-order valence-corrected chi connectivity index (χ2v) is 5.77. The van der Waals surface area contributed by atoms with Gasteiger partial charge >= 0.3 is 0 Å². The summed E-state index contributed by atoms with van der Waals surface area (Å²) in [4.78, 5) is 17.6. The highest BCUT2D eigenvalue weighted by Crippen LogP contribution is 2.24. The summed E-state index contributed by atoms with van der Waals surface area (Å²) < 4.78 is 0. The molecule has 0 spiro atoms. The van der Waals surface area contributed by atoms with E-state index in [9.17, 15) is 4.79 Å². The Morgan fingerprint density at radius 2 is 2.17 bits per heavy atom. The molecule has 3 heteroatoms. The van der Waals surface area contributed by atoms with Crippen molar-refractivity contribution >= 4 is 5.78 Å². The highest BCUT2D eigenvalue weighted by Gasteiger charge is 2.25. The topological polar surface area (TPSA) is 36.1 Å². The number of hydrogen-bond acceptors (Lipinski definition) is 2. The minimum atomic E-state index is 0.215. The van der Waals surface area contributed by atoms with Crippen LogP contribution in [-0.2, 0) is 0 Å². The van der Waals surface area contributed by atoms with E-state index in [4.69, 9.17) is 0 Å². The van der Waals surface area contributed by atoms with Crippen molar-refractivity contribution in [3.8, 4) is 0 Å². The number of carbonyl (C=O) groups is 1. The first-order valence-corrected chi connectivity index (χ1v) is 7.07. The molecule has 0 amide bonds. The van der Waals surface area contributed by atoms with Gasteiger partial charge in [-0.3, -0.25) is 9.69 Å². The number of hydrogen-bond donors (Lipinski definition) is 1. The number of nitrogens with one attached hydrogen (secondary N) is 1. The summed E-state index contributed by atoms with van der Waals surface area (Å²) in [7, 11) is 0. The number of aromatic amines is 1. The van der Waals surface area contributed by atoms with Gasteiger partial charge in [-0.15, -0.1) is 0 Å². The number of nitrogens with zero attached hydrogens (tertiary/aromatic N) is 1. The Morgan fingerprint density at radius 1 is 1.44 bits per heavy atom. The van der Waals surface area contributed by atoms with Gasteiger partial charge in [0.05, 0.1) is 12.2 Å². The molecule has 100 valence electrons. The van der Waals surface area contributed by atoms with Crippen molar-refractivity contribution in [2.24, 2.45) is 5.92 Å². The van der Waals surface area contributed by atoms with Crippen molar-refractivity contribution in [2.75, 3.05) is 13.1 Å². The highest BCUT2D eigenvalue weighted by atomic mass is 16.1. The molecule has 1 fully saturated rings. The molecule has 18 heavy (non-hydrogen) atoms. The second kappa shape index (κ2) is 6.19. The van der Waals surface area contributed by atoms with Gasteiger partial charge in [-0.25, -0.2) is 0 Å².